The third-order valence-electron chi connectivity index (χ3n) is 4.62. The standard InChI is InChI=1S/C19H26N2O4/c1-14(22)21-11-5-8-16(13-21)19(25)20-17(9-10-18(23)24)12-15-6-3-2-4-7-15/h2-4,6-7,16-17H,5,8-13H2,1H3,(H,20,25)(H,23,24). The lowest BCUT2D eigenvalue weighted by atomic mass is 9.95. The number of carbonyl (C=O) groups excluding carboxylic acids is 2. The van der Waals surface area contributed by atoms with Gasteiger partial charge in [0.05, 0.1) is 5.92 Å². The Morgan fingerprint density at radius 1 is 1.28 bits per heavy atom. The molecule has 1 fully saturated rings. The van der Waals surface area contributed by atoms with Crippen LogP contribution in [-0.2, 0) is 20.8 Å². The fourth-order valence-corrected chi connectivity index (χ4v) is 3.22. The van der Waals surface area contributed by atoms with Gasteiger partial charge in [-0.05, 0) is 31.2 Å². The second-order valence-corrected chi connectivity index (χ2v) is 6.63. The van der Waals surface area contributed by atoms with Crippen molar-refractivity contribution < 1.29 is 19.5 Å². The van der Waals surface area contributed by atoms with Gasteiger partial charge < -0.3 is 15.3 Å². The zero-order valence-electron chi connectivity index (χ0n) is 14.6. The van der Waals surface area contributed by atoms with Gasteiger partial charge >= 0.3 is 5.97 Å². The Hall–Kier alpha value is -2.37. The zero-order valence-corrected chi connectivity index (χ0v) is 14.6. The molecule has 1 aliphatic heterocycles. The molecule has 1 aromatic carbocycles. The minimum atomic E-state index is -0.868. The van der Waals surface area contributed by atoms with Crippen LogP contribution in [0, 0.1) is 5.92 Å². The van der Waals surface area contributed by atoms with Crippen molar-refractivity contribution in [2.24, 2.45) is 5.92 Å². The van der Waals surface area contributed by atoms with E-state index in [1.807, 2.05) is 30.3 Å². The van der Waals surface area contributed by atoms with E-state index in [0.717, 1.165) is 18.4 Å². The third-order valence-corrected chi connectivity index (χ3v) is 4.62. The fraction of sp³-hybridized carbons (Fsp3) is 0.526. The molecule has 1 saturated heterocycles. The van der Waals surface area contributed by atoms with Crippen LogP contribution >= 0.6 is 0 Å². The number of nitrogens with zero attached hydrogens (tertiary/aromatic N) is 1. The molecular formula is C19H26N2O4. The van der Waals surface area contributed by atoms with Gasteiger partial charge in [-0.3, -0.25) is 14.4 Å². The summed E-state index contributed by atoms with van der Waals surface area (Å²) in [4.78, 5) is 36.8. The highest BCUT2D eigenvalue weighted by atomic mass is 16.4. The van der Waals surface area contributed by atoms with Gasteiger partial charge in [0.25, 0.3) is 0 Å². The number of likely N-dealkylation sites (tertiary alicyclic amines) is 1. The maximum absolute atomic E-state index is 12.6. The summed E-state index contributed by atoms with van der Waals surface area (Å²) in [6.45, 7) is 2.66. The topological polar surface area (TPSA) is 86.7 Å². The second-order valence-electron chi connectivity index (χ2n) is 6.63. The average molecular weight is 346 g/mol. The summed E-state index contributed by atoms with van der Waals surface area (Å²) in [5.41, 5.74) is 1.06. The SMILES string of the molecule is CC(=O)N1CCCC(C(=O)NC(CCC(=O)O)Cc2ccccc2)C1. The predicted molar refractivity (Wildman–Crippen MR) is 93.9 cm³/mol. The van der Waals surface area contributed by atoms with Gasteiger partial charge in [-0.25, -0.2) is 0 Å². The summed E-state index contributed by atoms with van der Waals surface area (Å²) in [5, 5.41) is 12.0. The van der Waals surface area contributed by atoms with Gasteiger partial charge in [-0.2, -0.15) is 0 Å². The number of aliphatic carboxylic acids is 1. The lowest BCUT2D eigenvalue weighted by Crippen LogP contribution is -2.47. The van der Waals surface area contributed by atoms with E-state index in [-0.39, 0.29) is 30.2 Å². The van der Waals surface area contributed by atoms with Crippen LogP contribution in [0.3, 0.4) is 0 Å². The summed E-state index contributed by atoms with van der Waals surface area (Å²) in [7, 11) is 0. The number of carbonyl (C=O) groups is 3. The van der Waals surface area contributed by atoms with Crippen molar-refractivity contribution in [2.45, 2.75) is 45.1 Å². The Bertz CT molecular complexity index is 603. The molecule has 0 bridgehead atoms. The molecule has 0 spiro atoms. The summed E-state index contributed by atoms with van der Waals surface area (Å²) >= 11 is 0. The molecule has 25 heavy (non-hydrogen) atoms. The molecule has 0 aliphatic carbocycles. The van der Waals surface area contributed by atoms with Crippen LogP contribution in [0.4, 0.5) is 0 Å². The highest BCUT2D eigenvalue weighted by molar-refractivity contribution is 5.81. The Morgan fingerprint density at radius 3 is 2.64 bits per heavy atom. The van der Waals surface area contributed by atoms with Crippen LogP contribution < -0.4 is 5.32 Å². The maximum atomic E-state index is 12.6. The van der Waals surface area contributed by atoms with E-state index in [0.29, 0.717) is 25.9 Å². The second kappa shape index (κ2) is 9.20. The van der Waals surface area contributed by atoms with E-state index in [2.05, 4.69) is 5.32 Å². The van der Waals surface area contributed by atoms with Gasteiger partial charge in [0.2, 0.25) is 11.8 Å². The molecule has 6 nitrogen and oxygen atoms in total. The van der Waals surface area contributed by atoms with E-state index in [4.69, 9.17) is 5.11 Å². The number of rotatable bonds is 7. The van der Waals surface area contributed by atoms with Crippen LogP contribution in [0.2, 0.25) is 0 Å². The number of amides is 2. The Balaban J connectivity index is 1.97. The smallest absolute Gasteiger partial charge is 0.303 e. The summed E-state index contributed by atoms with van der Waals surface area (Å²) in [6.07, 6.45) is 2.58. The molecule has 136 valence electrons. The van der Waals surface area contributed by atoms with Crippen molar-refractivity contribution in [3.63, 3.8) is 0 Å². The van der Waals surface area contributed by atoms with Crippen molar-refractivity contribution in [2.75, 3.05) is 13.1 Å². The van der Waals surface area contributed by atoms with Crippen LogP contribution in [-0.4, -0.2) is 46.9 Å². The van der Waals surface area contributed by atoms with Crippen LogP contribution in [0.1, 0.15) is 38.2 Å². The minimum Gasteiger partial charge on any atom is -0.481 e. The first-order valence-electron chi connectivity index (χ1n) is 8.77. The molecule has 1 heterocycles. The average Bonchev–Trinajstić information content (AvgIpc) is 2.60. The fourth-order valence-electron chi connectivity index (χ4n) is 3.22. The lowest BCUT2D eigenvalue weighted by Gasteiger charge is -2.32. The van der Waals surface area contributed by atoms with Crippen molar-refractivity contribution in [3.05, 3.63) is 35.9 Å². The first-order valence-corrected chi connectivity index (χ1v) is 8.77. The summed E-state index contributed by atoms with van der Waals surface area (Å²) < 4.78 is 0. The van der Waals surface area contributed by atoms with Gasteiger partial charge in [-0.1, -0.05) is 30.3 Å². The lowest BCUT2D eigenvalue weighted by molar-refractivity contribution is -0.138. The first kappa shape index (κ1) is 19.0. The zero-order chi connectivity index (χ0) is 18.2. The van der Waals surface area contributed by atoms with Crippen LogP contribution in [0.25, 0.3) is 0 Å². The van der Waals surface area contributed by atoms with Crippen LogP contribution in [0.15, 0.2) is 30.3 Å². The molecule has 6 heteroatoms. The number of nitrogens with one attached hydrogen (secondary N) is 1. The highest BCUT2D eigenvalue weighted by Gasteiger charge is 2.28. The van der Waals surface area contributed by atoms with Crippen molar-refractivity contribution in [3.8, 4) is 0 Å². The number of piperidine rings is 1. The Labute approximate surface area is 148 Å². The molecule has 1 aliphatic rings. The first-order chi connectivity index (χ1) is 12.0. The van der Waals surface area contributed by atoms with Gasteiger partial charge in [0.15, 0.2) is 0 Å². The van der Waals surface area contributed by atoms with Crippen molar-refractivity contribution in [1.29, 1.82) is 0 Å². The van der Waals surface area contributed by atoms with E-state index in [9.17, 15) is 14.4 Å². The quantitative estimate of drug-likeness (QED) is 0.789. The number of hydrogen-bond acceptors (Lipinski definition) is 3. The maximum Gasteiger partial charge on any atom is 0.303 e. The van der Waals surface area contributed by atoms with E-state index >= 15 is 0 Å². The molecule has 0 saturated carbocycles. The number of carboxylic acids is 1. The number of benzene rings is 1. The summed E-state index contributed by atoms with van der Waals surface area (Å²) in [5.74, 6) is -1.19. The molecular weight excluding hydrogens is 320 g/mol. The van der Waals surface area contributed by atoms with Gasteiger partial charge in [-0.15, -0.1) is 0 Å². The Kier molecular flexibility index (Phi) is 6.98. The Morgan fingerprint density at radius 2 is 2.00 bits per heavy atom. The molecule has 0 aromatic heterocycles. The highest BCUT2D eigenvalue weighted by Crippen LogP contribution is 2.18. The third kappa shape index (κ3) is 6.21. The number of hydrogen-bond donors (Lipinski definition) is 2. The minimum absolute atomic E-state index is 0.00999. The monoisotopic (exact) mass is 346 g/mol. The van der Waals surface area contributed by atoms with E-state index < -0.39 is 5.97 Å². The predicted octanol–water partition coefficient (Wildman–Crippen LogP) is 1.84. The molecule has 2 atom stereocenters. The normalized spacial score (nSPS) is 18.4. The van der Waals surface area contributed by atoms with Crippen LogP contribution in [0.5, 0.6) is 0 Å². The molecule has 1 aromatic rings. The van der Waals surface area contributed by atoms with Gasteiger partial charge in [0, 0.05) is 32.5 Å². The van der Waals surface area contributed by atoms with Crippen molar-refractivity contribution >= 4 is 17.8 Å². The largest absolute Gasteiger partial charge is 0.481 e. The molecule has 2 amide bonds. The van der Waals surface area contributed by atoms with Gasteiger partial charge in [0.1, 0.15) is 0 Å². The van der Waals surface area contributed by atoms with Crippen molar-refractivity contribution in [1.82, 2.24) is 10.2 Å². The summed E-state index contributed by atoms with van der Waals surface area (Å²) in [6, 6.07) is 9.50. The molecule has 2 unspecified atom stereocenters. The molecule has 0 radical (unpaired) electrons. The van der Waals surface area contributed by atoms with E-state index in [1.54, 1.807) is 4.90 Å². The van der Waals surface area contributed by atoms with E-state index in [1.165, 1.54) is 6.92 Å². The molecule has 2 N–H and O–H groups in total. The molecule has 2 rings (SSSR count). The number of carboxylic acid groups (broad SMARTS) is 1.